The topological polar surface area (TPSA) is 105 Å². The van der Waals surface area contributed by atoms with Gasteiger partial charge in [0.1, 0.15) is 0 Å². The van der Waals surface area contributed by atoms with Crippen LogP contribution < -0.4 is 5.32 Å². The molecule has 0 aromatic carbocycles. The molecule has 3 atom stereocenters. The van der Waals surface area contributed by atoms with Crippen LogP contribution in [-0.4, -0.2) is 41.3 Å². The molecule has 32 heavy (non-hydrogen) atoms. The second kappa shape index (κ2) is 21.1. The van der Waals surface area contributed by atoms with Gasteiger partial charge in [0.2, 0.25) is 5.91 Å². The van der Waals surface area contributed by atoms with E-state index in [-0.39, 0.29) is 19.1 Å². The first kappa shape index (κ1) is 31.5. The summed E-state index contributed by atoms with van der Waals surface area (Å²) in [6.07, 6.45) is 17.0. The Labute approximate surface area is 196 Å². The minimum Gasteiger partial charge on any atom is -0.391 e. The lowest BCUT2D eigenvalue weighted by Crippen LogP contribution is -2.46. The van der Waals surface area contributed by atoms with Gasteiger partial charge in [0.05, 0.1) is 25.4 Å². The molecule has 0 rings (SSSR count). The first-order valence-corrected chi connectivity index (χ1v) is 14.4. The normalized spacial score (nSPS) is 15.3. The van der Waals surface area contributed by atoms with Crippen molar-refractivity contribution in [3.63, 3.8) is 0 Å². The van der Waals surface area contributed by atoms with Gasteiger partial charge < -0.3 is 15.3 Å². The van der Waals surface area contributed by atoms with E-state index in [1.165, 1.54) is 64.2 Å². The van der Waals surface area contributed by atoms with E-state index in [2.05, 4.69) is 16.8 Å². The molecule has 0 bridgehead atoms. The largest absolute Gasteiger partial charge is 0.472 e. The highest BCUT2D eigenvalue weighted by Crippen LogP contribution is 2.43. The number of unbranched alkanes of at least 4 members (excludes halogenated alkanes) is 12. The van der Waals surface area contributed by atoms with Crippen molar-refractivity contribution >= 4 is 13.7 Å². The number of rotatable bonds is 23. The molecule has 0 aliphatic rings. The number of phosphoric acid groups is 1. The molecule has 0 fully saturated rings. The number of aliphatic hydroxyl groups is 1. The molecule has 1 unspecified atom stereocenters. The van der Waals surface area contributed by atoms with Crippen LogP contribution in [0.4, 0.5) is 0 Å². The van der Waals surface area contributed by atoms with Crippen LogP contribution in [0.1, 0.15) is 124 Å². The van der Waals surface area contributed by atoms with E-state index in [4.69, 9.17) is 4.52 Å². The van der Waals surface area contributed by atoms with Gasteiger partial charge in [0, 0.05) is 6.42 Å². The van der Waals surface area contributed by atoms with E-state index in [0.717, 1.165) is 25.7 Å². The lowest BCUT2D eigenvalue weighted by Gasteiger charge is -2.24. The van der Waals surface area contributed by atoms with Crippen molar-refractivity contribution in [1.82, 2.24) is 5.32 Å². The average molecular weight is 480 g/mol. The Bertz CT molecular complexity index is 491. The lowest BCUT2D eigenvalue weighted by atomic mass is 10.0. The molecule has 0 saturated carbocycles. The molecule has 7 nitrogen and oxygen atoms in total. The zero-order valence-electron chi connectivity index (χ0n) is 20.9. The highest BCUT2D eigenvalue weighted by molar-refractivity contribution is 7.47. The number of hydrogen-bond acceptors (Lipinski definition) is 5. The first-order valence-electron chi connectivity index (χ1n) is 13.0. The molecule has 8 heteroatoms. The summed E-state index contributed by atoms with van der Waals surface area (Å²) < 4.78 is 21.3. The summed E-state index contributed by atoms with van der Waals surface area (Å²) in [6.45, 7) is 5.54. The van der Waals surface area contributed by atoms with Crippen molar-refractivity contribution in [3.8, 4) is 0 Å². The highest BCUT2D eigenvalue weighted by Gasteiger charge is 2.27. The Kier molecular flexibility index (Phi) is 20.8. The van der Waals surface area contributed by atoms with E-state index in [1.54, 1.807) is 6.92 Å². The Morgan fingerprint density at radius 1 is 0.812 bits per heavy atom. The van der Waals surface area contributed by atoms with Crippen molar-refractivity contribution in [2.75, 3.05) is 13.2 Å². The van der Waals surface area contributed by atoms with Crippen molar-refractivity contribution in [2.45, 2.75) is 136 Å². The molecule has 0 aliphatic heterocycles. The molecular formula is C24H50NO6P. The summed E-state index contributed by atoms with van der Waals surface area (Å²) in [6, 6.07) is -0.731. The molecular weight excluding hydrogens is 429 g/mol. The van der Waals surface area contributed by atoms with Crippen LogP contribution in [0, 0.1) is 0 Å². The molecule has 3 N–H and O–H groups in total. The Morgan fingerprint density at radius 2 is 1.31 bits per heavy atom. The predicted octanol–water partition coefficient (Wildman–Crippen LogP) is 6.27. The van der Waals surface area contributed by atoms with E-state index >= 15 is 0 Å². The number of aliphatic hydroxyl groups excluding tert-OH is 1. The molecule has 0 aromatic rings. The summed E-state index contributed by atoms with van der Waals surface area (Å²) in [7, 11) is -4.16. The third-order valence-corrected chi connectivity index (χ3v) is 6.67. The number of amides is 1. The van der Waals surface area contributed by atoms with Crippen LogP contribution in [0.3, 0.4) is 0 Å². The van der Waals surface area contributed by atoms with Crippen LogP contribution >= 0.6 is 7.82 Å². The summed E-state index contributed by atoms with van der Waals surface area (Å²) >= 11 is 0. The van der Waals surface area contributed by atoms with Crippen LogP contribution in [0.15, 0.2) is 0 Å². The molecule has 0 radical (unpaired) electrons. The van der Waals surface area contributed by atoms with Gasteiger partial charge in [-0.05, 0) is 19.8 Å². The van der Waals surface area contributed by atoms with Gasteiger partial charge in [-0.15, -0.1) is 0 Å². The second-order valence-electron chi connectivity index (χ2n) is 8.70. The zero-order chi connectivity index (χ0) is 24.1. The Balaban J connectivity index is 3.92. The zero-order valence-corrected chi connectivity index (χ0v) is 21.8. The molecule has 0 aliphatic carbocycles. The first-order chi connectivity index (χ1) is 15.4. The fraction of sp³-hybridized carbons (Fsp3) is 0.958. The summed E-state index contributed by atoms with van der Waals surface area (Å²) in [5.41, 5.74) is 0. The SMILES string of the molecule is CCCCCCCCCCCCCCCC(=O)N[C@@H](COP(=O)(O)OCC)[C@H](O)CCC. The van der Waals surface area contributed by atoms with Crippen LogP contribution in [0.5, 0.6) is 0 Å². The molecule has 0 aromatic heterocycles. The van der Waals surface area contributed by atoms with E-state index in [0.29, 0.717) is 12.8 Å². The van der Waals surface area contributed by atoms with Gasteiger partial charge in [-0.2, -0.15) is 0 Å². The maximum Gasteiger partial charge on any atom is 0.472 e. The van der Waals surface area contributed by atoms with Gasteiger partial charge in [0.25, 0.3) is 0 Å². The molecule has 0 saturated heterocycles. The minimum atomic E-state index is -4.16. The predicted molar refractivity (Wildman–Crippen MR) is 131 cm³/mol. The number of carbonyl (C=O) groups is 1. The Morgan fingerprint density at radius 3 is 1.78 bits per heavy atom. The van der Waals surface area contributed by atoms with Gasteiger partial charge in [-0.1, -0.05) is 97.3 Å². The summed E-state index contributed by atoms with van der Waals surface area (Å²) in [5.74, 6) is -0.166. The van der Waals surface area contributed by atoms with Crippen LogP contribution in [0.25, 0.3) is 0 Å². The Hall–Kier alpha value is -0.460. The highest BCUT2D eigenvalue weighted by atomic mass is 31.2. The van der Waals surface area contributed by atoms with Gasteiger partial charge in [-0.25, -0.2) is 4.57 Å². The second-order valence-corrected chi connectivity index (χ2v) is 10.2. The van der Waals surface area contributed by atoms with E-state index in [9.17, 15) is 19.4 Å². The monoisotopic (exact) mass is 479 g/mol. The fourth-order valence-electron chi connectivity index (χ4n) is 3.70. The summed E-state index contributed by atoms with van der Waals surface area (Å²) in [5, 5.41) is 13.0. The third-order valence-electron chi connectivity index (χ3n) is 5.61. The van der Waals surface area contributed by atoms with Crippen LogP contribution in [0.2, 0.25) is 0 Å². The molecule has 192 valence electrons. The summed E-state index contributed by atoms with van der Waals surface area (Å²) in [4.78, 5) is 21.8. The van der Waals surface area contributed by atoms with Crippen molar-refractivity contribution in [1.29, 1.82) is 0 Å². The minimum absolute atomic E-state index is 0.0430. The lowest BCUT2D eigenvalue weighted by molar-refractivity contribution is -0.123. The molecule has 0 heterocycles. The van der Waals surface area contributed by atoms with E-state index in [1.807, 2.05) is 6.92 Å². The van der Waals surface area contributed by atoms with Gasteiger partial charge in [-0.3, -0.25) is 13.8 Å². The molecule has 0 spiro atoms. The third kappa shape index (κ3) is 19.0. The molecule has 1 amide bonds. The number of phosphoric ester groups is 1. The standard InChI is InChI=1S/C24H50NO6P/c1-4-7-8-9-10-11-12-13-14-15-16-17-18-20-24(27)25-22(23(26)19-5-2)21-31-32(28,29)30-6-3/h22-23,26H,4-21H2,1-3H3,(H,25,27)(H,28,29)/t22-,23+/m0/s1. The van der Waals surface area contributed by atoms with Crippen molar-refractivity contribution < 1.29 is 28.4 Å². The maximum absolute atomic E-state index is 12.3. The van der Waals surface area contributed by atoms with Crippen molar-refractivity contribution in [2.24, 2.45) is 0 Å². The number of nitrogens with one attached hydrogen (secondary N) is 1. The van der Waals surface area contributed by atoms with Gasteiger partial charge in [0.15, 0.2) is 0 Å². The van der Waals surface area contributed by atoms with Crippen LogP contribution in [-0.2, 0) is 18.4 Å². The van der Waals surface area contributed by atoms with Crippen molar-refractivity contribution in [3.05, 3.63) is 0 Å². The number of carbonyl (C=O) groups excluding carboxylic acids is 1. The van der Waals surface area contributed by atoms with E-state index < -0.39 is 20.0 Å². The fourth-order valence-corrected chi connectivity index (χ4v) is 4.45. The maximum atomic E-state index is 12.3. The quantitative estimate of drug-likeness (QED) is 0.118. The average Bonchev–Trinajstić information content (AvgIpc) is 2.74. The smallest absolute Gasteiger partial charge is 0.391 e. The number of hydrogen-bond donors (Lipinski definition) is 3. The van der Waals surface area contributed by atoms with Gasteiger partial charge >= 0.3 is 7.82 Å².